The highest BCUT2D eigenvalue weighted by molar-refractivity contribution is 7.49. The van der Waals surface area contributed by atoms with Crippen molar-refractivity contribution in [2.45, 2.75) is 0 Å². The van der Waals surface area contributed by atoms with Crippen molar-refractivity contribution in [2.75, 3.05) is 0 Å². The number of rotatable bonds is 1. The fourth-order valence-electron chi connectivity index (χ4n) is 0.109. The zero-order valence-electron chi connectivity index (χ0n) is 3.37. The van der Waals surface area contributed by atoms with Crippen LogP contribution in [0.15, 0.2) is 0 Å². The first-order valence-corrected chi connectivity index (χ1v) is 2.81. The molecular weight excluding hydrogens is 117 g/mol. The van der Waals surface area contributed by atoms with Crippen LogP contribution >= 0.6 is 7.92 Å². The van der Waals surface area contributed by atoms with Crippen molar-refractivity contribution in [1.82, 2.24) is 0 Å². The molecule has 0 fully saturated rings. The Kier molecular flexibility index (Phi) is 2.52. The molecule has 1 unspecified atom stereocenters. The van der Waals surface area contributed by atoms with E-state index in [2.05, 4.69) is 5.50 Å². The van der Waals surface area contributed by atoms with Gasteiger partial charge in [-0.3, -0.25) is 0 Å². The largest absolute Gasteiger partial charge is 0.614 e. The molecule has 1 atom stereocenters. The molecule has 0 amide bonds. The summed E-state index contributed by atoms with van der Waals surface area (Å²) in [6, 6.07) is 0. The van der Waals surface area contributed by atoms with E-state index in [0.29, 0.717) is 5.80 Å². The Labute approximate surface area is 41.1 Å². The summed E-state index contributed by atoms with van der Waals surface area (Å²) < 4.78 is 0. The molecule has 0 aromatic heterocycles. The molecule has 3 N–H and O–H groups in total. The van der Waals surface area contributed by atoms with Gasteiger partial charge in [-0.25, -0.2) is 4.79 Å². The number of hydrogen-bond acceptors (Lipinski definition) is 3. The minimum atomic E-state index is -2.11. The van der Waals surface area contributed by atoms with E-state index in [1.54, 1.807) is 0 Å². The summed E-state index contributed by atoms with van der Waals surface area (Å²) in [4.78, 5) is 19.2. The molecule has 0 aliphatic heterocycles. The Hall–Kier alpha value is -0.440. The van der Waals surface area contributed by atoms with E-state index in [1.165, 1.54) is 0 Å². The average molecular weight is 121 g/mol. The smallest absolute Gasteiger partial charge is 0.372 e. The third-order valence-corrected chi connectivity index (χ3v) is 0.713. The fourth-order valence-corrected chi connectivity index (χ4v) is 0.327. The van der Waals surface area contributed by atoms with Crippen LogP contribution in [0.2, 0.25) is 0 Å². The summed E-state index contributed by atoms with van der Waals surface area (Å²) >= 11 is 0. The zero-order valence-corrected chi connectivity index (χ0v) is 4.26. The van der Waals surface area contributed by atoms with Gasteiger partial charge in [-0.2, -0.15) is 5.50 Å². The van der Waals surface area contributed by atoms with Crippen molar-refractivity contribution in [3.8, 4) is 0 Å². The quantitative estimate of drug-likeness (QED) is 0.413. The van der Waals surface area contributed by atoms with Crippen LogP contribution in [0.5, 0.6) is 0 Å². The van der Waals surface area contributed by atoms with Crippen molar-refractivity contribution < 1.29 is 14.8 Å². The van der Waals surface area contributed by atoms with Crippen LogP contribution in [0, 0.1) is 0 Å². The first kappa shape index (κ1) is 6.56. The summed E-state index contributed by atoms with van der Waals surface area (Å²) in [6.45, 7) is 0. The van der Waals surface area contributed by atoms with Crippen LogP contribution < -0.4 is 10.4 Å². The van der Waals surface area contributed by atoms with Crippen LogP contribution in [-0.2, 0) is 4.79 Å². The van der Waals surface area contributed by atoms with Gasteiger partial charge in [0.2, 0.25) is 5.80 Å². The maximum atomic E-state index is 9.74. The van der Waals surface area contributed by atoms with Crippen molar-refractivity contribution in [3.05, 3.63) is 0 Å². The molecule has 5 heteroatoms. The first-order chi connectivity index (χ1) is 3.13. The number of carbonyl (C=O) groups is 1. The predicted octanol–water partition coefficient (Wildman–Crippen LogP) is -1.50. The Bertz CT molecular complexity index is 106. The molecule has 0 saturated heterocycles. The second-order valence-electron chi connectivity index (χ2n) is 0.827. The lowest BCUT2D eigenvalue weighted by Gasteiger charge is -1.79. The summed E-state index contributed by atoms with van der Waals surface area (Å²) in [5.41, 5.74) is 4.57. The van der Waals surface area contributed by atoms with Crippen molar-refractivity contribution >= 4 is 19.7 Å². The minimum Gasteiger partial charge on any atom is -0.614 e. The molecular formula is C2H4NO3P. The summed E-state index contributed by atoms with van der Waals surface area (Å²) in [5.74, 6) is -0.710. The molecule has 0 saturated carbocycles. The molecule has 0 spiro atoms. The normalized spacial score (nSPS) is 11.4. The zero-order chi connectivity index (χ0) is 5.86. The Morgan fingerprint density at radius 1 is 2.00 bits per heavy atom. The lowest BCUT2D eigenvalue weighted by molar-refractivity contribution is -0.153. The van der Waals surface area contributed by atoms with Crippen LogP contribution in [0.3, 0.4) is 0 Å². The first-order valence-electron chi connectivity index (χ1n) is 1.42. The fraction of sp³-hybridized carbons (Fsp3) is 0. The van der Waals surface area contributed by atoms with Gasteiger partial charge in [0.05, 0.1) is 0 Å². The topological polar surface area (TPSA) is 86.4 Å². The molecule has 0 aromatic carbocycles. The van der Waals surface area contributed by atoms with Crippen molar-refractivity contribution in [3.63, 3.8) is 0 Å². The highest BCUT2D eigenvalue weighted by Crippen LogP contribution is 1.88. The Morgan fingerprint density at radius 2 is 2.43 bits per heavy atom. The van der Waals surface area contributed by atoms with E-state index in [1.807, 2.05) is 0 Å². The van der Waals surface area contributed by atoms with E-state index in [9.17, 15) is 9.69 Å². The molecule has 0 aliphatic rings. The maximum Gasteiger partial charge on any atom is 0.372 e. The van der Waals surface area contributed by atoms with Crippen molar-refractivity contribution in [1.29, 1.82) is 0 Å². The van der Waals surface area contributed by atoms with Gasteiger partial charge in [0.15, 0.2) is 0 Å². The Balaban J connectivity index is 3.68. The van der Waals surface area contributed by atoms with Crippen LogP contribution in [0.25, 0.3) is 0 Å². The van der Waals surface area contributed by atoms with Crippen LogP contribution in [0.4, 0.5) is 0 Å². The number of carboxylic acids is 1. The summed E-state index contributed by atoms with van der Waals surface area (Å²) in [6.07, 6.45) is 0. The van der Waals surface area contributed by atoms with Gasteiger partial charge >= 0.3 is 5.97 Å². The summed E-state index contributed by atoms with van der Waals surface area (Å²) in [5, 5.41) is 7.76. The second kappa shape index (κ2) is 2.69. The average Bonchev–Trinajstić information content (AvgIpc) is 1.27. The second-order valence-corrected chi connectivity index (χ2v) is 1.81. The molecule has 0 heterocycles. The third-order valence-electron chi connectivity index (χ3n) is 0.238. The number of nitrogens with two attached hydrogens (primary N) is 1. The SMILES string of the molecule is N[P+]([O-])=CC(=O)O. The highest BCUT2D eigenvalue weighted by atomic mass is 31.1. The number of aliphatic carboxylic acids is 1. The molecule has 0 bridgehead atoms. The van der Waals surface area contributed by atoms with Gasteiger partial charge in [0.1, 0.15) is 7.92 Å². The Morgan fingerprint density at radius 3 is 2.43 bits per heavy atom. The molecule has 40 valence electrons. The number of carboxylic acid groups (broad SMARTS) is 1. The highest BCUT2D eigenvalue weighted by Gasteiger charge is 1.91. The van der Waals surface area contributed by atoms with E-state index >= 15 is 0 Å². The van der Waals surface area contributed by atoms with Gasteiger partial charge < -0.3 is 10.00 Å². The predicted molar refractivity (Wildman–Crippen MR) is 24.8 cm³/mol. The van der Waals surface area contributed by atoms with E-state index in [4.69, 9.17) is 5.11 Å². The summed E-state index contributed by atoms with van der Waals surface area (Å²) in [7, 11) is -2.11. The molecule has 0 aromatic rings. The molecule has 0 radical (unpaired) electrons. The third kappa shape index (κ3) is 5.56. The van der Waals surface area contributed by atoms with Crippen LogP contribution in [0.1, 0.15) is 0 Å². The van der Waals surface area contributed by atoms with E-state index in [-0.39, 0.29) is 0 Å². The van der Waals surface area contributed by atoms with Gasteiger partial charge in [-0.15, -0.1) is 0 Å². The maximum absolute atomic E-state index is 9.74. The molecule has 0 rings (SSSR count). The lowest BCUT2D eigenvalue weighted by Crippen LogP contribution is -2.04. The van der Waals surface area contributed by atoms with E-state index < -0.39 is 13.9 Å². The van der Waals surface area contributed by atoms with E-state index in [0.717, 1.165) is 0 Å². The van der Waals surface area contributed by atoms with Gasteiger partial charge in [0, 0.05) is 0 Å². The van der Waals surface area contributed by atoms with Gasteiger partial charge in [-0.1, -0.05) is 0 Å². The van der Waals surface area contributed by atoms with Crippen LogP contribution in [-0.4, -0.2) is 16.9 Å². The van der Waals surface area contributed by atoms with Gasteiger partial charge in [0.25, 0.3) is 0 Å². The molecule has 0 aliphatic carbocycles. The number of hydrogen-bond donors (Lipinski definition) is 2. The van der Waals surface area contributed by atoms with Gasteiger partial charge in [-0.05, 0) is 0 Å². The standard InChI is InChI=1S/C2H4NO3P/c3-7(6)1-2(4)5/h1H,3H2,(H,4,5). The molecule has 7 heavy (non-hydrogen) atoms. The lowest BCUT2D eigenvalue weighted by atomic mass is 10.8. The molecule has 4 nitrogen and oxygen atoms in total. The minimum absolute atomic E-state index is 0.537. The van der Waals surface area contributed by atoms with Crippen molar-refractivity contribution in [2.24, 2.45) is 5.50 Å². The monoisotopic (exact) mass is 121 g/mol.